The predicted octanol–water partition coefficient (Wildman–Crippen LogP) is 7.80. The zero-order valence-electron chi connectivity index (χ0n) is 27.4. The highest BCUT2D eigenvalue weighted by Crippen LogP contribution is 2.77. The van der Waals surface area contributed by atoms with E-state index in [0.717, 1.165) is 18.5 Å². The maximum absolute atomic E-state index is 15.3. The molecule has 0 unspecified atom stereocenters. The van der Waals surface area contributed by atoms with E-state index in [1.54, 1.807) is 41.5 Å². The first kappa shape index (κ1) is 44.3. The summed E-state index contributed by atoms with van der Waals surface area (Å²) in [6, 6.07) is -0.440. The molecule has 0 aliphatic carbocycles. The molecule has 0 radical (unpaired) electrons. The van der Waals surface area contributed by atoms with E-state index < -0.39 is 122 Å². The van der Waals surface area contributed by atoms with Crippen molar-refractivity contribution < 1.29 is 70.2 Å². The van der Waals surface area contributed by atoms with Crippen LogP contribution in [0.3, 0.4) is 0 Å². The monoisotopic (exact) mass is 768 g/mol. The summed E-state index contributed by atoms with van der Waals surface area (Å²) in [5.41, 5.74) is -7.93. The normalized spacial score (nSPS) is 15.0. The number of halogens is 12. The van der Waals surface area contributed by atoms with Crippen molar-refractivity contribution in [2.45, 2.75) is 78.1 Å². The number of hydrogen-bond acceptors (Lipinski definition) is 4. The highest BCUT2D eigenvalue weighted by molar-refractivity contribution is 7.89. The lowest BCUT2D eigenvalue weighted by molar-refractivity contribution is -0.0517. The molecule has 2 aromatic carbocycles. The zero-order valence-corrected chi connectivity index (χ0v) is 30.0. The highest BCUT2D eigenvalue weighted by atomic mass is 32.2. The summed E-state index contributed by atoms with van der Waals surface area (Å²) in [5.74, 6) is -19.3. The van der Waals surface area contributed by atoms with Crippen molar-refractivity contribution in [1.82, 2.24) is 0 Å². The molecule has 0 amide bonds. The van der Waals surface area contributed by atoms with Gasteiger partial charge in [-0.05, 0) is 60.0 Å². The van der Waals surface area contributed by atoms with Gasteiger partial charge in [0.25, 0.3) is 6.71 Å². The number of benzene rings is 2. The lowest BCUT2D eigenvalue weighted by Crippen LogP contribution is -2.51. The lowest BCUT2D eigenvalue weighted by Gasteiger charge is -2.45. The van der Waals surface area contributed by atoms with Crippen LogP contribution in [0, 0.1) is 52.4 Å². The van der Waals surface area contributed by atoms with Crippen LogP contribution < -0.4 is 16.2 Å². The Morgan fingerprint density at radius 2 is 0.896 bits per heavy atom. The third-order valence-electron chi connectivity index (χ3n) is 8.36. The van der Waals surface area contributed by atoms with Crippen LogP contribution in [0.2, 0.25) is 0 Å². The second-order valence-electron chi connectivity index (χ2n) is 12.8. The molecule has 0 fully saturated rings. The maximum Gasteiger partial charge on any atom is 0.485 e. The number of rotatable bonds is 4. The van der Waals surface area contributed by atoms with Gasteiger partial charge in [0.1, 0.15) is 5.30 Å². The van der Waals surface area contributed by atoms with E-state index in [1.165, 1.54) is 0 Å². The van der Waals surface area contributed by atoms with Gasteiger partial charge in [0.15, 0.2) is 50.8 Å². The van der Waals surface area contributed by atoms with Gasteiger partial charge in [-0.25, -0.2) is 43.5 Å². The Labute approximate surface area is 272 Å². The van der Waals surface area contributed by atoms with Crippen molar-refractivity contribution in [3.63, 3.8) is 0 Å². The smallest absolute Gasteiger partial charge is 0.485 e. The Bertz CT molecular complexity index is 1630. The Hall–Kier alpha value is -1.77. The first-order chi connectivity index (χ1) is 21.3. The number of hydrogen-bond donors (Lipinski definition) is 0. The van der Waals surface area contributed by atoms with Crippen molar-refractivity contribution in [2.24, 2.45) is 0 Å². The Kier molecular flexibility index (Phi) is 13.7. The van der Waals surface area contributed by atoms with E-state index in [4.69, 9.17) is 13.0 Å². The fourth-order valence-corrected chi connectivity index (χ4v) is 13.8. The topological polar surface area (TPSA) is 74.3 Å². The first-order valence-corrected chi connectivity index (χ1v) is 19.8. The van der Waals surface area contributed by atoms with E-state index >= 15 is 8.78 Å². The molecule has 0 aromatic heterocycles. The molecular weight excluding hydrogens is 733 g/mol. The summed E-state index contributed by atoms with van der Waals surface area (Å²) < 4.78 is 200. The van der Waals surface area contributed by atoms with Crippen LogP contribution >= 0.6 is 14.4 Å². The lowest BCUT2D eigenvalue weighted by atomic mass is 9.42. The van der Waals surface area contributed by atoms with Crippen molar-refractivity contribution in [3.8, 4) is 0 Å². The van der Waals surface area contributed by atoms with Crippen LogP contribution in [-0.4, -0.2) is 60.1 Å². The van der Waals surface area contributed by atoms with Gasteiger partial charge in [-0.2, -0.15) is 17.6 Å². The molecule has 0 spiro atoms. The summed E-state index contributed by atoms with van der Waals surface area (Å²) in [7, 11) is -11.0. The molecule has 48 heavy (non-hydrogen) atoms. The van der Waals surface area contributed by atoms with E-state index in [1.807, 2.05) is 20.8 Å². The summed E-state index contributed by atoms with van der Waals surface area (Å²) in [6.45, 7) is 13.9. The summed E-state index contributed by atoms with van der Waals surface area (Å²) in [5, 5.41) is -2.42. The number of fused-ring (bicyclic) bond motifs is 1. The highest BCUT2D eigenvalue weighted by Gasteiger charge is 2.69. The van der Waals surface area contributed by atoms with Crippen LogP contribution in [-0.2, 0) is 14.7 Å². The standard InChI is InChI=1S/C21H20BF9P.C6H15OP.CHF3O3S/c1-20(2,3)32(21(4,5)6)7-22(8-10(23)13(26)16(29)14(27)11(8)24)9-12(25)15(28)17(30)18(31)19(9)32;1-4-8(7,5-2)6-3;2-1(3,4)8(5,6)7/h7H2,1-6H3;4-6H2,1-3H3;(H,5,6,7)/q+1;;/p-1. The summed E-state index contributed by atoms with van der Waals surface area (Å²) in [6.07, 6.45) is 2.62. The van der Waals surface area contributed by atoms with Crippen LogP contribution in [0.4, 0.5) is 52.7 Å². The number of alkyl halides is 3. The van der Waals surface area contributed by atoms with Gasteiger partial charge in [-0.1, -0.05) is 20.8 Å². The minimum atomic E-state index is -6.09. The molecule has 274 valence electrons. The van der Waals surface area contributed by atoms with Crippen LogP contribution in [0.5, 0.6) is 0 Å². The molecule has 3 rings (SSSR count). The Morgan fingerprint density at radius 1 is 0.625 bits per heavy atom. The molecule has 0 atom stereocenters. The average molecular weight is 768 g/mol. The van der Waals surface area contributed by atoms with Gasteiger partial charge in [0, 0.05) is 10.9 Å². The van der Waals surface area contributed by atoms with Gasteiger partial charge in [-0.15, -0.1) is 0 Å². The van der Waals surface area contributed by atoms with Crippen molar-refractivity contribution in [1.29, 1.82) is 0 Å². The molecule has 2 aromatic rings. The van der Waals surface area contributed by atoms with Crippen molar-refractivity contribution in [3.05, 3.63) is 52.4 Å². The van der Waals surface area contributed by atoms with Gasteiger partial charge in [0.05, 0.1) is 30.8 Å². The van der Waals surface area contributed by atoms with E-state index in [-0.39, 0.29) is 0 Å². The SMILES string of the molecule is CC(C)(C)[P+]1(C(C)(C)C)CB(c2c(F)c(F)c(F)c(F)c2F)c2c(F)c(F)c(F)c(F)c21.CCP(=O)(CC)CC.O=S(=O)([O-])C(F)(F)F. The van der Waals surface area contributed by atoms with Crippen molar-refractivity contribution in [2.75, 3.05) is 24.5 Å². The third kappa shape index (κ3) is 8.07. The van der Waals surface area contributed by atoms with Gasteiger partial charge in [0.2, 0.25) is 11.6 Å². The second-order valence-corrected chi connectivity index (χ2v) is 23.3. The fraction of sp³-hybridized carbons (Fsp3) is 0.571. The Balaban J connectivity index is 0.000000594. The van der Waals surface area contributed by atoms with Crippen LogP contribution in [0.1, 0.15) is 62.3 Å². The van der Waals surface area contributed by atoms with Gasteiger partial charge < -0.3 is 9.12 Å². The van der Waals surface area contributed by atoms with E-state index in [9.17, 15) is 48.5 Å². The van der Waals surface area contributed by atoms with Crippen molar-refractivity contribution >= 4 is 47.5 Å². The molecule has 0 bridgehead atoms. The molecule has 0 saturated heterocycles. The van der Waals surface area contributed by atoms with E-state index in [0.29, 0.717) is 0 Å². The van der Waals surface area contributed by atoms with E-state index in [2.05, 4.69) is 0 Å². The third-order valence-corrected chi connectivity index (χ3v) is 19.1. The molecule has 20 heteroatoms. The maximum atomic E-state index is 15.3. The minimum Gasteiger partial charge on any atom is -0.741 e. The molecule has 4 nitrogen and oxygen atoms in total. The van der Waals surface area contributed by atoms with Crippen LogP contribution in [0.25, 0.3) is 0 Å². The van der Waals surface area contributed by atoms with Crippen LogP contribution in [0.15, 0.2) is 0 Å². The molecule has 0 N–H and O–H groups in total. The Morgan fingerprint density at radius 3 is 1.15 bits per heavy atom. The molecular formula is C28H35BF12O4P2S. The molecule has 0 saturated carbocycles. The molecule has 1 aliphatic heterocycles. The minimum absolute atomic E-state index is 0.440. The molecule has 1 aliphatic rings. The van der Waals surface area contributed by atoms with Gasteiger partial charge in [-0.3, -0.25) is 0 Å². The zero-order chi connectivity index (χ0) is 38.3. The largest absolute Gasteiger partial charge is 0.741 e. The molecule has 1 heterocycles. The van der Waals surface area contributed by atoms with Gasteiger partial charge >= 0.3 is 5.51 Å². The summed E-state index contributed by atoms with van der Waals surface area (Å²) in [4.78, 5) is 0. The fourth-order valence-electron chi connectivity index (χ4n) is 5.84. The second kappa shape index (κ2) is 14.8. The predicted molar refractivity (Wildman–Crippen MR) is 163 cm³/mol. The first-order valence-electron chi connectivity index (χ1n) is 14.2. The average Bonchev–Trinajstić information content (AvgIpc) is 3.34. The quantitative estimate of drug-likeness (QED) is 0.0606. The summed E-state index contributed by atoms with van der Waals surface area (Å²) >= 11 is 0.